The number of rotatable bonds is 5. The van der Waals surface area contributed by atoms with E-state index in [0.29, 0.717) is 12.1 Å². The number of guanidine groups is 1. The van der Waals surface area contributed by atoms with Gasteiger partial charge in [-0.05, 0) is 19.4 Å². The molecule has 28 heavy (non-hydrogen) atoms. The second-order valence-electron chi connectivity index (χ2n) is 6.86. The minimum atomic E-state index is -0.535. The molecule has 0 saturated carbocycles. The van der Waals surface area contributed by atoms with Crippen LogP contribution in [0.4, 0.5) is 8.78 Å². The Bertz CT molecular complexity index is 815. The Morgan fingerprint density at radius 3 is 2.61 bits per heavy atom. The SMILES string of the molecule is CCC(c1ccc(F)cc1F)N1CCN(C(=NC)NCc2cnc(C)s2)CC1. The highest BCUT2D eigenvalue weighted by Gasteiger charge is 2.27. The minimum Gasteiger partial charge on any atom is -0.351 e. The third-order valence-corrected chi connectivity index (χ3v) is 5.98. The fourth-order valence-corrected chi connectivity index (χ4v) is 4.41. The van der Waals surface area contributed by atoms with Crippen molar-refractivity contribution >= 4 is 17.3 Å². The van der Waals surface area contributed by atoms with Gasteiger partial charge in [-0.1, -0.05) is 13.0 Å². The van der Waals surface area contributed by atoms with Crippen LogP contribution in [-0.2, 0) is 6.54 Å². The molecule has 0 aliphatic carbocycles. The van der Waals surface area contributed by atoms with Crippen molar-refractivity contribution in [1.29, 1.82) is 0 Å². The van der Waals surface area contributed by atoms with Crippen LogP contribution in [0.25, 0.3) is 0 Å². The molecule has 1 fully saturated rings. The van der Waals surface area contributed by atoms with Crippen LogP contribution < -0.4 is 5.32 Å². The monoisotopic (exact) mass is 407 g/mol. The van der Waals surface area contributed by atoms with Gasteiger partial charge in [-0.15, -0.1) is 11.3 Å². The zero-order chi connectivity index (χ0) is 20.1. The molecule has 1 aromatic carbocycles. The molecule has 1 atom stereocenters. The van der Waals surface area contributed by atoms with Gasteiger partial charge in [0.2, 0.25) is 0 Å². The Labute approximate surface area is 169 Å². The van der Waals surface area contributed by atoms with Gasteiger partial charge in [0, 0.05) is 62.0 Å². The number of nitrogens with zero attached hydrogens (tertiary/aromatic N) is 4. The Balaban J connectivity index is 1.58. The average Bonchev–Trinajstić information content (AvgIpc) is 3.11. The largest absolute Gasteiger partial charge is 0.351 e. The predicted molar refractivity (Wildman–Crippen MR) is 110 cm³/mol. The normalized spacial score (nSPS) is 17.0. The maximum absolute atomic E-state index is 14.3. The fourth-order valence-electron chi connectivity index (χ4n) is 3.68. The lowest BCUT2D eigenvalue weighted by atomic mass is 10.0. The third kappa shape index (κ3) is 4.86. The van der Waals surface area contributed by atoms with Crippen LogP contribution >= 0.6 is 11.3 Å². The third-order valence-electron chi connectivity index (χ3n) is 5.06. The van der Waals surface area contributed by atoms with E-state index < -0.39 is 11.6 Å². The Kier molecular flexibility index (Phi) is 6.96. The Morgan fingerprint density at radius 2 is 2.04 bits per heavy atom. The first-order chi connectivity index (χ1) is 13.5. The molecule has 1 aliphatic heterocycles. The van der Waals surface area contributed by atoms with Crippen molar-refractivity contribution in [3.63, 3.8) is 0 Å². The number of aryl methyl sites for hydroxylation is 1. The van der Waals surface area contributed by atoms with E-state index in [1.165, 1.54) is 10.9 Å². The summed E-state index contributed by atoms with van der Waals surface area (Å²) in [7, 11) is 1.79. The van der Waals surface area contributed by atoms with Gasteiger partial charge >= 0.3 is 0 Å². The second-order valence-corrected chi connectivity index (χ2v) is 8.18. The van der Waals surface area contributed by atoms with Gasteiger partial charge in [0.15, 0.2) is 5.96 Å². The van der Waals surface area contributed by atoms with Gasteiger partial charge in [-0.3, -0.25) is 9.89 Å². The predicted octanol–water partition coefficient (Wildman–Crippen LogP) is 3.57. The first kappa shape index (κ1) is 20.7. The molecule has 1 N–H and O–H groups in total. The molecule has 2 aromatic rings. The van der Waals surface area contributed by atoms with Crippen LogP contribution in [0.1, 0.15) is 34.8 Å². The quantitative estimate of drug-likeness (QED) is 0.608. The fraction of sp³-hybridized carbons (Fsp3) is 0.500. The summed E-state index contributed by atoms with van der Waals surface area (Å²) in [5.41, 5.74) is 0.570. The molecule has 1 unspecified atom stereocenters. The van der Waals surface area contributed by atoms with E-state index in [9.17, 15) is 8.78 Å². The van der Waals surface area contributed by atoms with Crippen molar-refractivity contribution in [3.05, 3.63) is 51.5 Å². The van der Waals surface area contributed by atoms with Gasteiger partial charge in [0.05, 0.1) is 11.6 Å². The van der Waals surface area contributed by atoms with Crippen molar-refractivity contribution in [3.8, 4) is 0 Å². The van der Waals surface area contributed by atoms with Crippen LogP contribution in [-0.4, -0.2) is 54.0 Å². The number of nitrogens with one attached hydrogen (secondary N) is 1. The van der Waals surface area contributed by atoms with E-state index in [2.05, 4.69) is 25.1 Å². The summed E-state index contributed by atoms with van der Waals surface area (Å²) in [4.78, 5) is 14.3. The zero-order valence-corrected chi connectivity index (χ0v) is 17.4. The topological polar surface area (TPSA) is 43.8 Å². The summed E-state index contributed by atoms with van der Waals surface area (Å²) < 4.78 is 27.5. The Morgan fingerprint density at radius 1 is 1.29 bits per heavy atom. The molecule has 1 aromatic heterocycles. The van der Waals surface area contributed by atoms with E-state index >= 15 is 0 Å². The van der Waals surface area contributed by atoms with E-state index in [1.54, 1.807) is 24.5 Å². The molecule has 0 radical (unpaired) electrons. The summed E-state index contributed by atoms with van der Waals surface area (Å²) in [6.07, 6.45) is 2.67. The first-order valence-corrected chi connectivity index (χ1v) is 10.4. The number of piperazine rings is 1. The van der Waals surface area contributed by atoms with Crippen molar-refractivity contribution in [1.82, 2.24) is 20.1 Å². The second kappa shape index (κ2) is 9.43. The number of thiazole rings is 1. The Hall–Kier alpha value is -2.06. The maximum atomic E-state index is 14.3. The van der Waals surface area contributed by atoms with Crippen molar-refractivity contribution < 1.29 is 8.78 Å². The lowest BCUT2D eigenvalue weighted by molar-refractivity contribution is 0.124. The van der Waals surface area contributed by atoms with E-state index in [-0.39, 0.29) is 6.04 Å². The molecule has 152 valence electrons. The molecule has 1 aliphatic rings. The van der Waals surface area contributed by atoms with Gasteiger partial charge in [0.25, 0.3) is 0 Å². The smallest absolute Gasteiger partial charge is 0.194 e. The molecular formula is C20H27F2N5S. The van der Waals surface area contributed by atoms with Crippen LogP contribution in [0.15, 0.2) is 29.4 Å². The molecular weight excluding hydrogens is 380 g/mol. The maximum Gasteiger partial charge on any atom is 0.194 e. The molecule has 1 saturated heterocycles. The average molecular weight is 408 g/mol. The molecule has 8 heteroatoms. The number of hydrogen-bond donors (Lipinski definition) is 1. The molecule has 5 nitrogen and oxygen atoms in total. The number of benzene rings is 1. The number of hydrogen-bond acceptors (Lipinski definition) is 4. The minimum absolute atomic E-state index is 0.0436. The van der Waals surface area contributed by atoms with Gasteiger partial charge in [-0.25, -0.2) is 13.8 Å². The van der Waals surface area contributed by atoms with Crippen molar-refractivity contribution in [2.75, 3.05) is 33.2 Å². The standard InChI is InChI=1S/C20H27F2N5S/c1-4-19(17-6-5-15(21)11-18(17)22)26-7-9-27(10-8-26)20(23-3)25-13-16-12-24-14(2)28-16/h5-6,11-12,19H,4,7-10,13H2,1-3H3,(H,23,25). The zero-order valence-electron chi connectivity index (χ0n) is 16.6. The van der Waals surface area contributed by atoms with Gasteiger partial charge in [0.1, 0.15) is 11.6 Å². The molecule has 2 heterocycles. The first-order valence-electron chi connectivity index (χ1n) is 9.57. The van der Waals surface area contributed by atoms with Crippen molar-refractivity contribution in [2.24, 2.45) is 4.99 Å². The summed E-state index contributed by atoms with van der Waals surface area (Å²) >= 11 is 1.68. The number of halogens is 2. The number of aromatic nitrogens is 1. The summed E-state index contributed by atoms with van der Waals surface area (Å²) in [5.74, 6) is -0.134. The van der Waals surface area contributed by atoms with E-state index in [4.69, 9.17) is 0 Å². The molecule has 3 rings (SSSR count). The van der Waals surface area contributed by atoms with E-state index in [0.717, 1.165) is 49.6 Å². The number of aliphatic imine (C=N–C) groups is 1. The summed E-state index contributed by atoms with van der Waals surface area (Å²) in [6, 6.07) is 3.84. The van der Waals surface area contributed by atoms with Crippen LogP contribution in [0.3, 0.4) is 0 Å². The highest BCUT2D eigenvalue weighted by molar-refractivity contribution is 7.11. The van der Waals surface area contributed by atoms with E-state index in [1.807, 2.05) is 20.0 Å². The van der Waals surface area contributed by atoms with Crippen molar-refractivity contribution in [2.45, 2.75) is 32.9 Å². The lowest BCUT2D eigenvalue weighted by Gasteiger charge is -2.40. The lowest BCUT2D eigenvalue weighted by Crippen LogP contribution is -2.53. The molecule has 0 spiro atoms. The van der Waals surface area contributed by atoms with Crippen LogP contribution in [0.2, 0.25) is 0 Å². The highest BCUT2D eigenvalue weighted by atomic mass is 32.1. The van der Waals surface area contributed by atoms with Gasteiger partial charge in [-0.2, -0.15) is 0 Å². The highest BCUT2D eigenvalue weighted by Crippen LogP contribution is 2.28. The summed E-state index contributed by atoms with van der Waals surface area (Å²) in [6.45, 7) is 7.96. The van der Waals surface area contributed by atoms with Crippen LogP contribution in [0.5, 0.6) is 0 Å². The summed E-state index contributed by atoms with van der Waals surface area (Å²) in [5, 5.41) is 4.45. The molecule has 0 amide bonds. The molecule has 0 bridgehead atoms. The van der Waals surface area contributed by atoms with Crippen LogP contribution in [0, 0.1) is 18.6 Å². The van der Waals surface area contributed by atoms with Gasteiger partial charge < -0.3 is 10.2 Å².